The minimum absolute atomic E-state index is 0.204. The molecule has 0 heterocycles. The van der Waals surface area contributed by atoms with Crippen LogP contribution in [0.1, 0.15) is 33.1 Å². The van der Waals surface area contributed by atoms with Gasteiger partial charge in [0.25, 0.3) is 0 Å². The van der Waals surface area contributed by atoms with Crippen LogP contribution in [0, 0.1) is 0 Å². The smallest absolute Gasteiger partial charge is 0.438 e. The van der Waals surface area contributed by atoms with Gasteiger partial charge in [-0.1, -0.05) is 25.8 Å². The Hall–Kier alpha value is -0.990. The van der Waals surface area contributed by atoms with Gasteiger partial charge in [0.2, 0.25) is 0 Å². The van der Waals surface area contributed by atoms with Crippen LogP contribution in [0.15, 0.2) is 12.2 Å². The maximum absolute atomic E-state index is 10.6. The van der Waals surface area contributed by atoms with Crippen LogP contribution in [0.5, 0.6) is 0 Å². The number of methoxy groups -OCH3 is 1. The van der Waals surface area contributed by atoms with Crippen molar-refractivity contribution in [1.82, 2.24) is 0 Å². The second kappa shape index (κ2) is 7.65. The van der Waals surface area contributed by atoms with Gasteiger partial charge >= 0.3 is 6.16 Å². The zero-order chi connectivity index (χ0) is 10.1. The van der Waals surface area contributed by atoms with E-state index in [-0.39, 0.29) is 6.10 Å². The molecular weight excluding hydrogens is 168 g/mol. The van der Waals surface area contributed by atoms with Gasteiger partial charge in [-0.05, 0) is 19.4 Å². The molecule has 3 heteroatoms. The van der Waals surface area contributed by atoms with Crippen LogP contribution in [-0.2, 0) is 9.47 Å². The second-order valence-electron chi connectivity index (χ2n) is 2.85. The molecule has 1 atom stereocenters. The van der Waals surface area contributed by atoms with Crippen molar-refractivity contribution < 1.29 is 14.3 Å². The lowest BCUT2D eigenvalue weighted by molar-refractivity contribution is 0.0578. The van der Waals surface area contributed by atoms with Crippen LogP contribution in [0.4, 0.5) is 4.79 Å². The first-order chi connectivity index (χ1) is 6.20. The Labute approximate surface area is 79.7 Å². The molecule has 0 unspecified atom stereocenters. The zero-order valence-electron chi connectivity index (χ0n) is 8.58. The van der Waals surface area contributed by atoms with Crippen molar-refractivity contribution >= 4 is 6.16 Å². The third kappa shape index (κ3) is 7.37. The Kier molecular flexibility index (Phi) is 7.07. The van der Waals surface area contributed by atoms with E-state index in [1.54, 1.807) is 6.92 Å². The van der Waals surface area contributed by atoms with Gasteiger partial charge in [-0.3, -0.25) is 0 Å². The third-order valence-corrected chi connectivity index (χ3v) is 1.58. The first-order valence-electron chi connectivity index (χ1n) is 4.62. The predicted molar refractivity (Wildman–Crippen MR) is 51.6 cm³/mol. The van der Waals surface area contributed by atoms with E-state index in [1.165, 1.54) is 20.0 Å². The van der Waals surface area contributed by atoms with Crippen LogP contribution in [0.2, 0.25) is 0 Å². The van der Waals surface area contributed by atoms with Gasteiger partial charge < -0.3 is 9.47 Å². The number of carbonyl (C=O) groups is 1. The normalized spacial score (nSPS) is 12.8. The van der Waals surface area contributed by atoms with Crippen LogP contribution < -0.4 is 0 Å². The van der Waals surface area contributed by atoms with Crippen molar-refractivity contribution in [2.24, 2.45) is 0 Å². The molecule has 0 rings (SSSR count). The highest BCUT2D eigenvalue weighted by atomic mass is 16.7. The summed E-state index contributed by atoms with van der Waals surface area (Å²) in [6.45, 7) is 3.95. The van der Waals surface area contributed by atoms with Crippen molar-refractivity contribution in [3.05, 3.63) is 12.2 Å². The molecule has 0 amide bonds. The molecule has 0 aliphatic heterocycles. The molecule has 0 saturated carbocycles. The van der Waals surface area contributed by atoms with Crippen LogP contribution >= 0.6 is 0 Å². The quantitative estimate of drug-likeness (QED) is 0.376. The molecule has 0 saturated heterocycles. The topological polar surface area (TPSA) is 35.5 Å². The minimum Gasteiger partial charge on any atom is -0.438 e. The summed E-state index contributed by atoms with van der Waals surface area (Å²) in [5, 5.41) is 0. The molecular formula is C10H18O3. The number of hydrogen-bond donors (Lipinski definition) is 0. The molecule has 0 aromatic rings. The molecule has 0 fully saturated rings. The van der Waals surface area contributed by atoms with Gasteiger partial charge in [-0.25, -0.2) is 4.79 Å². The van der Waals surface area contributed by atoms with Gasteiger partial charge in [0.1, 0.15) is 6.10 Å². The number of rotatable bonds is 5. The Morgan fingerprint density at radius 2 is 2.23 bits per heavy atom. The molecule has 0 bridgehead atoms. The van der Waals surface area contributed by atoms with Gasteiger partial charge in [-0.15, -0.1) is 0 Å². The summed E-state index contributed by atoms with van der Waals surface area (Å²) >= 11 is 0. The van der Waals surface area contributed by atoms with Crippen molar-refractivity contribution in [2.75, 3.05) is 7.11 Å². The summed E-state index contributed by atoms with van der Waals surface area (Å²) in [4.78, 5) is 10.6. The monoisotopic (exact) mass is 186 g/mol. The Morgan fingerprint density at radius 3 is 2.77 bits per heavy atom. The van der Waals surface area contributed by atoms with E-state index in [4.69, 9.17) is 4.74 Å². The zero-order valence-corrected chi connectivity index (χ0v) is 8.58. The summed E-state index contributed by atoms with van der Waals surface area (Å²) in [5.74, 6) is 0. The highest BCUT2D eigenvalue weighted by molar-refractivity contribution is 5.59. The lowest BCUT2D eigenvalue weighted by atomic mass is 10.2. The van der Waals surface area contributed by atoms with Crippen molar-refractivity contribution in [1.29, 1.82) is 0 Å². The number of carbonyl (C=O) groups excluding carboxylic acids is 1. The van der Waals surface area contributed by atoms with E-state index in [9.17, 15) is 4.79 Å². The van der Waals surface area contributed by atoms with E-state index in [0.717, 1.165) is 6.42 Å². The van der Waals surface area contributed by atoms with E-state index >= 15 is 0 Å². The maximum Gasteiger partial charge on any atom is 0.508 e. The Bertz CT molecular complexity index is 164. The maximum atomic E-state index is 10.6. The van der Waals surface area contributed by atoms with Gasteiger partial charge in [-0.2, -0.15) is 0 Å². The summed E-state index contributed by atoms with van der Waals surface area (Å²) in [7, 11) is 1.30. The van der Waals surface area contributed by atoms with E-state index < -0.39 is 6.16 Å². The predicted octanol–water partition coefficient (Wildman–Crippen LogP) is 2.90. The molecule has 0 aromatic heterocycles. The molecule has 0 aliphatic carbocycles. The van der Waals surface area contributed by atoms with E-state index in [0.29, 0.717) is 0 Å². The number of allylic oxidation sites excluding steroid dienone is 1. The highest BCUT2D eigenvalue weighted by Gasteiger charge is 2.04. The van der Waals surface area contributed by atoms with Crippen LogP contribution in [-0.4, -0.2) is 19.4 Å². The molecule has 0 aliphatic rings. The fraction of sp³-hybridized carbons (Fsp3) is 0.700. The molecule has 0 aromatic carbocycles. The van der Waals surface area contributed by atoms with Gasteiger partial charge in [0, 0.05) is 0 Å². The molecule has 0 spiro atoms. The van der Waals surface area contributed by atoms with Gasteiger partial charge in [0.15, 0.2) is 0 Å². The fourth-order valence-corrected chi connectivity index (χ4v) is 0.849. The summed E-state index contributed by atoms with van der Waals surface area (Å²) in [6.07, 6.45) is 6.43. The number of hydrogen-bond acceptors (Lipinski definition) is 3. The SMILES string of the molecule is CCCC/C=C\[C@H](C)OC(=O)OC. The molecule has 13 heavy (non-hydrogen) atoms. The van der Waals surface area contributed by atoms with Crippen LogP contribution in [0.3, 0.4) is 0 Å². The minimum atomic E-state index is -0.632. The van der Waals surface area contributed by atoms with Crippen molar-refractivity contribution in [2.45, 2.75) is 39.2 Å². The average molecular weight is 186 g/mol. The highest BCUT2D eigenvalue weighted by Crippen LogP contribution is 1.99. The molecule has 0 radical (unpaired) electrons. The second-order valence-corrected chi connectivity index (χ2v) is 2.85. The molecule has 76 valence electrons. The lowest BCUT2D eigenvalue weighted by Gasteiger charge is -2.06. The average Bonchev–Trinajstić information content (AvgIpc) is 2.12. The fourth-order valence-electron chi connectivity index (χ4n) is 0.849. The van der Waals surface area contributed by atoms with Crippen LogP contribution in [0.25, 0.3) is 0 Å². The Morgan fingerprint density at radius 1 is 1.54 bits per heavy atom. The molecule has 0 N–H and O–H groups in total. The first kappa shape index (κ1) is 12.0. The number of ether oxygens (including phenoxy) is 2. The van der Waals surface area contributed by atoms with Crippen molar-refractivity contribution in [3.63, 3.8) is 0 Å². The standard InChI is InChI=1S/C10H18O3/c1-4-5-6-7-8-9(2)13-10(11)12-3/h7-9H,4-6H2,1-3H3/b8-7-/t9-/m0/s1. The third-order valence-electron chi connectivity index (χ3n) is 1.58. The van der Waals surface area contributed by atoms with Gasteiger partial charge in [0.05, 0.1) is 7.11 Å². The lowest BCUT2D eigenvalue weighted by Crippen LogP contribution is -2.12. The molecule has 3 nitrogen and oxygen atoms in total. The first-order valence-corrected chi connectivity index (χ1v) is 4.62. The largest absolute Gasteiger partial charge is 0.508 e. The van der Waals surface area contributed by atoms with Crippen molar-refractivity contribution in [3.8, 4) is 0 Å². The summed E-state index contributed by atoms with van der Waals surface area (Å²) in [6, 6.07) is 0. The van der Waals surface area contributed by atoms with E-state index in [1.807, 2.05) is 12.2 Å². The summed E-state index contributed by atoms with van der Waals surface area (Å²) < 4.78 is 9.19. The number of unbranched alkanes of at least 4 members (excludes halogenated alkanes) is 2. The Balaban J connectivity index is 3.54. The van der Waals surface area contributed by atoms with E-state index in [2.05, 4.69) is 11.7 Å². The summed E-state index contributed by atoms with van der Waals surface area (Å²) in [5.41, 5.74) is 0.